The smallest absolute Gasteiger partial charge is 0.227 e. The number of halogens is 3. The molecule has 2 aromatic carbocycles. The Morgan fingerprint density at radius 2 is 1.65 bits per heavy atom. The Hall–Kier alpha value is -1.66. The highest BCUT2D eigenvalue weighted by atomic mass is 35.5. The van der Waals surface area contributed by atoms with Crippen LogP contribution < -0.4 is 5.32 Å². The van der Waals surface area contributed by atoms with Gasteiger partial charge in [-0.15, -0.1) is 24.8 Å². The maximum absolute atomic E-state index is 14.1. The van der Waals surface area contributed by atoms with Crippen LogP contribution in [0.1, 0.15) is 24.0 Å². The van der Waals surface area contributed by atoms with Gasteiger partial charge in [0.1, 0.15) is 5.82 Å². The van der Waals surface area contributed by atoms with E-state index in [4.69, 9.17) is 0 Å². The summed E-state index contributed by atoms with van der Waals surface area (Å²) in [5.41, 5.74) is 1.85. The summed E-state index contributed by atoms with van der Waals surface area (Å²) in [7, 11) is 6.07. The number of carbonyl (C=O) groups excluding carboxylic acids is 1. The predicted molar refractivity (Wildman–Crippen MR) is 130 cm³/mol. The number of piperidine rings is 1. The van der Waals surface area contributed by atoms with Crippen LogP contribution in [0.4, 0.5) is 4.39 Å². The number of nitrogens with one attached hydrogen (secondary N) is 1. The van der Waals surface area contributed by atoms with Gasteiger partial charge in [0.15, 0.2) is 0 Å². The zero-order chi connectivity index (χ0) is 20.9. The Kier molecular flexibility index (Phi) is 10.9. The van der Waals surface area contributed by atoms with Crippen molar-refractivity contribution in [2.24, 2.45) is 5.92 Å². The van der Waals surface area contributed by atoms with Crippen LogP contribution in [-0.2, 0) is 16.8 Å². The van der Waals surface area contributed by atoms with E-state index in [1.807, 2.05) is 24.1 Å². The van der Waals surface area contributed by atoms with Crippen molar-refractivity contribution in [1.82, 2.24) is 15.1 Å². The van der Waals surface area contributed by atoms with Crippen molar-refractivity contribution in [1.29, 1.82) is 0 Å². The van der Waals surface area contributed by atoms with E-state index >= 15 is 0 Å². The number of amides is 1. The number of rotatable bonds is 7. The Balaban J connectivity index is 0.00000240. The first-order valence-electron chi connectivity index (χ1n) is 10.4. The monoisotopic (exact) mass is 469 g/mol. The van der Waals surface area contributed by atoms with Crippen molar-refractivity contribution < 1.29 is 9.18 Å². The zero-order valence-electron chi connectivity index (χ0n) is 18.5. The van der Waals surface area contributed by atoms with Crippen LogP contribution in [0, 0.1) is 11.7 Å². The third kappa shape index (κ3) is 6.19. The maximum Gasteiger partial charge on any atom is 0.227 e. The molecule has 0 spiro atoms. The van der Waals surface area contributed by atoms with E-state index < -0.39 is 0 Å². The molecule has 1 aliphatic rings. The lowest BCUT2D eigenvalue weighted by Gasteiger charge is -2.47. The molecule has 0 radical (unpaired) electrons. The molecule has 1 amide bonds. The van der Waals surface area contributed by atoms with Gasteiger partial charge in [0.05, 0.1) is 5.92 Å². The number of hydrogen-bond donors (Lipinski definition) is 1. The normalized spacial score (nSPS) is 16.2. The highest BCUT2D eigenvalue weighted by molar-refractivity contribution is 5.85. The fourth-order valence-corrected chi connectivity index (χ4v) is 4.52. The summed E-state index contributed by atoms with van der Waals surface area (Å²) in [5, 5.41) is 3.11. The molecule has 172 valence electrons. The van der Waals surface area contributed by atoms with Gasteiger partial charge in [0.2, 0.25) is 5.91 Å². The van der Waals surface area contributed by atoms with Crippen molar-refractivity contribution in [2.75, 3.05) is 40.8 Å². The van der Waals surface area contributed by atoms with Crippen LogP contribution in [0.15, 0.2) is 54.6 Å². The molecule has 0 aromatic heterocycles. The molecular weight excluding hydrogens is 436 g/mol. The van der Waals surface area contributed by atoms with Crippen LogP contribution in [0.5, 0.6) is 0 Å². The third-order valence-corrected chi connectivity index (χ3v) is 6.29. The molecule has 0 bridgehead atoms. The van der Waals surface area contributed by atoms with Gasteiger partial charge in [-0.3, -0.25) is 9.69 Å². The average molecular weight is 470 g/mol. The van der Waals surface area contributed by atoms with Crippen LogP contribution in [-0.4, -0.2) is 56.5 Å². The quantitative estimate of drug-likeness (QED) is 0.661. The second kappa shape index (κ2) is 12.4. The fourth-order valence-electron chi connectivity index (χ4n) is 4.52. The minimum atomic E-state index is -0.263. The van der Waals surface area contributed by atoms with Gasteiger partial charge >= 0.3 is 0 Å². The molecule has 1 unspecified atom stereocenters. The van der Waals surface area contributed by atoms with Gasteiger partial charge in [0.25, 0.3) is 0 Å². The summed E-state index contributed by atoms with van der Waals surface area (Å²) in [4.78, 5) is 17.5. The van der Waals surface area contributed by atoms with Gasteiger partial charge in [-0.25, -0.2) is 4.39 Å². The molecule has 1 fully saturated rings. The van der Waals surface area contributed by atoms with Crippen LogP contribution in [0.25, 0.3) is 0 Å². The lowest BCUT2D eigenvalue weighted by atomic mass is 9.79. The van der Waals surface area contributed by atoms with E-state index in [1.54, 1.807) is 12.1 Å². The highest BCUT2D eigenvalue weighted by Gasteiger charge is 2.40. The summed E-state index contributed by atoms with van der Waals surface area (Å²) < 4.78 is 14.1. The van der Waals surface area contributed by atoms with E-state index in [0.717, 1.165) is 12.8 Å². The number of carbonyl (C=O) groups is 1. The first kappa shape index (κ1) is 27.4. The summed E-state index contributed by atoms with van der Waals surface area (Å²) >= 11 is 0. The van der Waals surface area contributed by atoms with E-state index in [9.17, 15) is 9.18 Å². The summed E-state index contributed by atoms with van der Waals surface area (Å²) in [6.45, 7) is 1.97. The number of hydrogen-bond acceptors (Lipinski definition) is 3. The molecule has 1 atom stereocenters. The summed E-state index contributed by atoms with van der Waals surface area (Å²) in [5.74, 6) is -0.390. The van der Waals surface area contributed by atoms with Crippen LogP contribution in [0.3, 0.4) is 0 Å². The van der Waals surface area contributed by atoms with Crippen molar-refractivity contribution in [3.05, 3.63) is 71.5 Å². The Morgan fingerprint density at radius 1 is 1.06 bits per heavy atom. The van der Waals surface area contributed by atoms with Crippen molar-refractivity contribution in [3.63, 3.8) is 0 Å². The molecule has 1 N–H and O–H groups in total. The number of nitrogens with zero attached hydrogens (tertiary/aromatic N) is 2. The van der Waals surface area contributed by atoms with E-state index in [-0.39, 0.29) is 48.0 Å². The van der Waals surface area contributed by atoms with Gasteiger partial charge < -0.3 is 10.2 Å². The molecule has 2 aromatic rings. The largest absolute Gasteiger partial charge is 0.342 e. The van der Waals surface area contributed by atoms with E-state index in [0.29, 0.717) is 31.6 Å². The summed E-state index contributed by atoms with van der Waals surface area (Å²) in [6.07, 6.45) is 2.20. The van der Waals surface area contributed by atoms with Crippen molar-refractivity contribution in [2.45, 2.75) is 24.8 Å². The van der Waals surface area contributed by atoms with Gasteiger partial charge in [-0.2, -0.15) is 0 Å². The third-order valence-electron chi connectivity index (χ3n) is 6.29. The molecule has 4 nitrogen and oxygen atoms in total. The molecule has 1 saturated heterocycles. The van der Waals surface area contributed by atoms with Gasteiger partial charge in [-0.05, 0) is 57.6 Å². The first-order valence-corrected chi connectivity index (χ1v) is 10.4. The van der Waals surface area contributed by atoms with Gasteiger partial charge in [0, 0.05) is 25.2 Å². The fraction of sp³-hybridized carbons (Fsp3) is 0.458. The number of likely N-dealkylation sites (tertiary alicyclic amines) is 1. The van der Waals surface area contributed by atoms with E-state index in [1.165, 1.54) is 11.6 Å². The van der Waals surface area contributed by atoms with Crippen molar-refractivity contribution in [3.8, 4) is 0 Å². The molecule has 1 heterocycles. The first-order chi connectivity index (χ1) is 14.0. The standard InChI is InChI=1S/C24H32FN3O.2ClH/c1-26-18-20(17-19-9-7-8-12-22(19)25)23(29)28-15-13-24(14-16-28,27(2)3)21-10-5-4-6-11-21;;/h4-12,20,26H,13-18H2,1-3H3;2*1H. The average Bonchev–Trinajstić information content (AvgIpc) is 2.75. The maximum atomic E-state index is 14.1. The Bertz CT molecular complexity index is 811. The minimum absolute atomic E-state index is 0. The highest BCUT2D eigenvalue weighted by Crippen LogP contribution is 2.37. The topological polar surface area (TPSA) is 35.6 Å². The molecule has 3 rings (SSSR count). The number of benzene rings is 2. The Morgan fingerprint density at radius 3 is 2.19 bits per heavy atom. The molecule has 0 saturated carbocycles. The molecule has 7 heteroatoms. The molecular formula is C24H34Cl2FN3O. The van der Waals surface area contributed by atoms with Crippen molar-refractivity contribution >= 4 is 30.7 Å². The van der Waals surface area contributed by atoms with E-state index in [2.05, 4.69) is 48.6 Å². The lowest BCUT2D eigenvalue weighted by molar-refractivity contribution is -0.138. The van der Waals surface area contributed by atoms with Gasteiger partial charge in [-0.1, -0.05) is 48.5 Å². The molecule has 31 heavy (non-hydrogen) atoms. The van der Waals surface area contributed by atoms with Crippen LogP contribution >= 0.6 is 24.8 Å². The minimum Gasteiger partial charge on any atom is -0.342 e. The second-order valence-corrected chi connectivity index (χ2v) is 8.17. The molecule has 1 aliphatic heterocycles. The molecule has 0 aliphatic carbocycles. The zero-order valence-corrected chi connectivity index (χ0v) is 20.1. The summed E-state index contributed by atoms with van der Waals surface area (Å²) in [6, 6.07) is 17.3. The lowest BCUT2D eigenvalue weighted by Crippen LogP contribution is -2.53. The predicted octanol–water partition coefficient (Wildman–Crippen LogP) is 4.13. The van der Waals surface area contributed by atoms with Crippen LogP contribution in [0.2, 0.25) is 0 Å². The second-order valence-electron chi connectivity index (χ2n) is 8.17. The Labute approximate surface area is 198 Å². The SMILES string of the molecule is CNCC(Cc1ccccc1F)C(=O)N1CCC(c2ccccc2)(N(C)C)CC1.Cl.Cl.